The fourth-order valence-electron chi connectivity index (χ4n) is 4.27. The Bertz CT molecular complexity index is 813. The van der Waals surface area contributed by atoms with Crippen LogP contribution in [0.2, 0.25) is 0 Å². The molecule has 5 heteroatoms. The predicted molar refractivity (Wildman–Crippen MR) is 84.1 cm³/mol. The van der Waals surface area contributed by atoms with Gasteiger partial charge in [-0.3, -0.25) is 14.4 Å². The van der Waals surface area contributed by atoms with E-state index >= 15 is 0 Å². The quantitative estimate of drug-likeness (QED) is 0.886. The summed E-state index contributed by atoms with van der Waals surface area (Å²) in [6.45, 7) is 0. The van der Waals surface area contributed by atoms with Gasteiger partial charge in [0.1, 0.15) is 0 Å². The Kier molecular flexibility index (Phi) is 3.06. The summed E-state index contributed by atoms with van der Waals surface area (Å²) in [4.78, 5) is 36.3. The van der Waals surface area contributed by atoms with Gasteiger partial charge in [0.25, 0.3) is 0 Å². The van der Waals surface area contributed by atoms with Gasteiger partial charge in [-0.2, -0.15) is 0 Å². The van der Waals surface area contributed by atoms with Gasteiger partial charge in [-0.05, 0) is 11.1 Å². The van der Waals surface area contributed by atoms with E-state index in [4.69, 9.17) is 0 Å². The molecule has 0 bridgehead atoms. The molecule has 120 valence electrons. The Morgan fingerprint density at radius 3 is 1.46 bits per heavy atom. The molecule has 1 fully saturated rings. The van der Waals surface area contributed by atoms with Gasteiger partial charge in [0, 0.05) is 23.0 Å². The third-order valence-electron chi connectivity index (χ3n) is 5.25. The number of ketones is 1. The van der Waals surface area contributed by atoms with Gasteiger partial charge in [-0.25, -0.2) is 0 Å². The minimum absolute atomic E-state index is 0.177. The van der Waals surface area contributed by atoms with Gasteiger partial charge in [0.05, 0.1) is 11.8 Å². The van der Waals surface area contributed by atoms with E-state index in [-0.39, 0.29) is 5.78 Å². The second-order valence-corrected chi connectivity index (χ2v) is 6.28. The topological polar surface area (TPSA) is 91.7 Å². The van der Waals surface area contributed by atoms with Gasteiger partial charge < -0.3 is 10.2 Å². The molecule has 1 saturated carbocycles. The molecule has 2 N–H and O–H groups in total. The summed E-state index contributed by atoms with van der Waals surface area (Å²) in [5, 5.41) is 19.1. The summed E-state index contributed by atoms with van der Waals surface area (Å²) in [5.41, 5.74) is 2.20. The molecule has 0 unspecified atom stereocenters. The van der Waals surface area contributed by atoms with Crippen LogP contribution in [0.1, 0.15) is 38.9 Å². The molecule has 2 aromatic rings. The minimum Gasteiger partial charge on any atom is -0.481 e. The van der Waals surface area contributed by atoms with Crippen molar-refractivity contribution in [3.63, 3.8) is 0 Å². The third-order valence-corrected chi connectivity index (χ3v) is 5.25. The van der Waals surface area contributed by atoms with Gasteiger partial charge in [-0.1, -0.05) is 48.5 Å². The van der Waals surface area contributed by atoms with Crippen molar-refractivity contribution in [1.29, 1.82) is 0 Å². The number of hydrogen-bond acceptors (Lipinski definition) is 3. The van der Waals surface area contributed by atoms with Crippen molar-refractivity contribution >= 4 is 17.7 Å². The molecule has 24 heavy (non-hydrogen) atoms. The van der Waals surface area contributed by atoms with Crippen molar-refractivity contribution in [3.05, 3.63) is 70.8 Å². The van der Waals surface area contributed by atoms with Crippen molar-refractivity contribution in [3.8, 4) is 0 Å². The summed E-state index contributed by atoms with van der Waals surface area (Å²) in [5.74, 6) is -5.53. The summed E-state index contributed by atoms with van der Waals surface area (Å²) >= 11 is 0. The maximum Gasteiger partial charge on any atom is 0.308 e. The molecule has 2 aromatic carbocycles. The van der Waals surface area contributed by atoms with Crippen LogP contribution in [0.15, 0.2) is 48.5 Å². The molecule has 4 rings (SSSR count). The first-order valence-corrected chi connectivity index (χ1v) is 7.70. The van der Waals surface area contributed by atoms with Crippen LogP contribution in [0, 0.1) is 11.8 Å². The van der Waals surface area contributed by atoms with E-state index in [9.17, 15) is 24.6 Å². The average molecular weight is 322 g/mol. The highest BCUT2D eigenvalue weighted by Crippen LogP contribution is 2.60. The number of carbonyl (C=O) groups excluding carboxylic acids is 1. The smallest absolute Gasteiger partial charge is 0.308 e. The molecular formula is C19H14O5. The lowest BCUT2D eigenvalue weighted by Gasteiger charge is -2.48. The molecule has 2 aliphatic rings. The molecule has 2 aliphatic carbocycles. The van der Waals surface area contributed by atoms with E-state index in [0.717, 1.165) is 0 Å². The number of rotatable bonds is 2. The lowest BCUT2D eigenvalue weighted by Crippen LogP contribution is -2.51. The van der Waals surface area contributed by atoms with Crippen LogP contribution in [0.5, 0.6) is 0 Å². The normalized spacial score (nSPS) is 27.1. The van der Waals surface area contributed by atoms with Crippen molar-refractivity contribution < 1.29 is 24.6 Å². The summed E-state index contributed by atoms with van der Waals surface area (Å²) in [6, 6.07) is 13.8. The monoisotopic (exact) mass is 322 g/mol. The fourth-order valence-corrected chi connectivity index (χ4v) is 4.27. The molecule has 0 spiro atoms. The first-order chi connectivity index (χ1) is 11.5. The zero-order chi connectivity index (χ0) is 17.0. The van der Waals surface area contributed by atoms with Gasteiger partial charge in [0.15, 0.2) is 5.78 Å². The van der Waals surface area contributed by atoms with E-state index < -0.39 is 35.6 Å². The zero-order valence-corrected chi connectivity index (χ0v) is 12.5. The summed E-state index contributed by atoms with van der Waals surface area (Å²) < 4.78 is 0. The Morgan fingerprint density at radius 1 is 0.708 bits per heavy atom. The Hall–Kier alpha value is -2.95. The number of benzene rings is 2. The molecule has 0 radical (unpaired) electrons. The van der Waals surface area contributed by atoms with Crippen LogP contribution in [0.25, 0.3) is 0 Å². The lowest BCUT2D eigenvalue weighted by molar-refractivity contribution is -0.164. The van der Waals surface area contributed by atoms with Crippen LogP contribution in [0.3, 0.4) is 0 Å². The largest absolute Gasteiger partial charge is 0.481 e. The lowest BCUT2D eigenvalue weighted by atomic mass is 9.52. The maximum absolute atomic E-state index is 12.9. The van der Waals surface area contributed by atoms with E-state index in [1.807, 2.05) is 0 Å². The second-order valence-electron chi connectivity index (χ2n) is 6.28. The number of hydrogen-bond donors (Lipinski definition) is 2. The minimum atomic E-state index is -1.13. The molecule has 0 heterocycles. The first kappa shape index (κ1) is 14.6. The fraction of sp³-hybridized carbons (Fsp3) is 0.211. The van der Waals surface area contributed by atoms with Crippen molar-refractivity contribution in [2.24, 2.45) is 11.8 Å². The molecule has 0 saturated heterocycles. The molecule has 4 atom stereocenters. The van der Waals surface area contributed by atoms with E-state index in [1.165, 1.54) is 0 Å². The maximum atomic E-state index is 12.9. The summed E-state index contributed by atoms with van der Waals surface area (Å²) in [7, 11) is 0. The van der Waals surface area contributed by atoms with Crippen LogP contribution >= 0.6 is 0 Å². The van der Waals surface area contributed by atoms with Gasteiger partial charge >= 0.3 is 11.9 Å². The number of carboxylic acid groups (broad SMARTS) is 2. The number of carbonyl (C=O) groups is 3. The SMILES string of the molecule is O=C1c2ccccc2[C@@H]2[C@@H](C(=O)O)[C@@H](C(=O)O)[C@@H]2c2ccccc21. The van der Waals surface area contributed by atoms with Gasteiger partial charge in [0.2, 0.25) is 0 Å². The van der Waals surface area contributed by atoms with Crippen LogP contribution < -0.4 is 0 Å². The molecular weight excluding hydrogens is 308 g/mol. The number of aliphatic carboxylic acids is 2. The van der Waals surface area contributed by atoms with Gasteiger partial charge in [-0.15, -0.1) is 0 Å². The molecule has 0 aromatic heterocycles. The van der Waals surface area contributed by atoms with Crippen molar-refractivity contribution in [1.82, 2.24) is 0 Å². The van der Waals surface area contributed by atoms with E-state index in [1.54, 1.807) is 48.5 Å². The average Bonchev–Trinajstić information content (AvgIpc) is 2.60. The second kappa shape index (κ2) is 5.03. The highest BCUT2D eigenvalue weighted by molar-refractivity contribution is 6.12. The number of fused-ring (bicyclic) bond motifs is 5. The zero-order valence-electron chi connectivity index (χ0n) is 12.5. The highest BCUT2D eigenvalue weighted by Gasteiger charge is 2.60. The standard InChI is InChI=1S/C19H14O5/c20-17-11-7-3-1-5-9(11)13-14(10-6-2-4-8-12(10)17)16(19(23)24)15(13)18(21)22/h1-8,13-16H,(H,21,22)(H,23,24)/t13-,14+,15+,16-. The summed E-state index contributed by atoms with van der Waals surface area (Å²) in [6.07, 6.45) is 0. The van der Waals surface area contributed by atoms with E-state index in [0.29, 0.717) is 22.3 Å². The van der Waals surface area contributed by atoms with Crippen LogP contribution in [-0.4, -0.2) is 27.9 Å². The Balaban J connectivity index is 2.01. The van der Waals surface area contributed by atoms with E-state index in [2.05, 4.69) is 0 Å². The molecule has 0 aliphatic heterocycles. The highest BCUT2D eigenvalue weighted by atomic mass is 16.4. The first-order valence-electron chi connectivity index (χ1n) is 7.70. The van der Waals surface area contributed by atoms with Crippen molar-refractivity contribution in [2.45, 2.75) is 11.8 Å². The molecule has 5 nitrogen and oxygen atoms in total. The third kappa shape index (κ3) is 1.78. The molecule has 0 amide bonds. The Morgan fingerprint density at radius 2 is 1.08 bits per heavy atom. The number of carboxylic acids is 2. The van der Waals surface area contributed by atoms with Crippen LogP contribution in [0.4, 0.5) is 0 Å². The Labute approximate surface area is 137 Å². The van der Waals surface area contributed by atoms with Crippen molar-refractivity contribution in [2.75, 3.05) is 0 Å². The van der Waals surface area contributed by atoms with Crippen LogP contribution in [-0.2, 0) is 9.59 Å². The predicted octanol–water partition coefficient (Wildman–Crippen LogP) is 2.51.